The number of hydrogen-bond donors (Lipinski definition) is 2. The van der Waals surface area contributed by atoms with Crippen LogP contribution in [0.15, 0.2) is 30.6 Å². The summed E-state index contributed by atoms with van der Waals surface area (Å²) in [5.41, 5.74) is 1.85. The van der Waals surface area contributed by atoms with E-state index in [1.165, 1.54) is 0 Å². The lowest BCUT2D eigenvalue weighted by atomic mass is 10.2. The molecule has 2 rings (SSSR count). The zero-order chi connectivity index (χ0) is 13.7. The highest BCUT2D eigenvalue weighted by Gasteiger charge is 2.07. The molecule has 0 bridgehead atoms. The van der Waals surface area contributed by atoms with Gasteiger partial charge >= 0.3 is 0 Å². The first-order valence-corrected chi connectivity index (χ1v) is 6.49. The number of hydrogen-bond acceptors (Lipinski definition) is 5. The van der Waals surface area contributed by atoms with Crippen LogP contribution in [0.25, 0.3) is 11.3 Å². The van der Waals surface area contributed by atoms with Crippen LogP contribution in [0.1, 0.15) is 20.8 Å². The molecule has 19 heavy (non-hydrogen) atoms. The number of pyridine rings is 1. The minimum Gasteiger partial charge on any atom is -0.370 e. The van der Waals surface area contributed by atoms with Gasteiger partial charge in [-0.15, -0.1) is 0 Å². The van der Waals surface area contributed by atoms with Crippen molar-refractivity contribution in [3.05, 3.63) is 30.6 Å². The predicted molar refractivity (Wildman–Crippen MR) is 78.2 cm³/mol. The third-order valence-corrected chi connectivity index (χ3v) is 2.46. The first-order chi connectivity index (χ1) is 9.19. The lowest BCUT2D eigenvalue weighted by Gasteiger charge is -2.12. The molecular formula is C14H19N5. The van der Waals surface area contributed by atoms with E-state index in [1.54, 1.807) is 12.4 Å². The third kappa shape index (κ3) is 3.64. The van der Waals surface area contributed by atoms with Gasteiger partial charge in [0.25, 0.3) is 0 Å². The molecule has 2 aromatic heterocycles. The Morgan fingerprint density at radius 2 is 2.11 bits per heavy atom. The second-order valence-corrected chi connectivity index (χ2v) is 4.53. The zero-order valence-corrected chi connectivity index (χ0v) is 11.5. The molecule has 0 unspecified atom stereocenters. The second-order valence-electron chi connectivity index (χ2n) is 4.53. The lowest BCUT2D eigenvalue weighted by Crippen LogP contribution is -2.14. The Morgan fingerprint density at radius 1 is 1.26 bits per heavy atom. The van der Waals surface area contributed by atoms with Crippen molar-refractivity contribution in [2.24, 2.45) is 0 Å². The van der Waals surface area contributed by atoms with Gasteiger partial charge in [-0.2, -0.15) is 4.98 Å². The molecule has 2 N–H and O–H groups in total. The zero-order valence-electron chi connectivity index (χ0n) is 11.5. The average Bonchev–Trinajstić information content (AvgIpc) is 2.39. The summed E-state index contributed by atoms with van der Waals surface area (Å²) in [6.07, 6.45) is 3.56. The van der Waals surface area contributed by atoms with E-state index in [0.717, 1.165) is 23.6 Å². The van der Waals surface area contributed by atoms with Gasteiger partial charge in [0.2, 0.25) is 5.95 Å². The molecule has 0 saturated carbocycles. The second kappa shape index (κ2) is 6.13. The Kier molecular flexibility index (Phi) is 4.28. The first kappa shape index (κ1) is 13.3. The van der Waals surface area contributed by atoms with Crippen molar-refractivity contribution in [3.63, 3.8) is 0 Å². The fourth-order valence-electron chi connectivity index (χ4n) is 1.70. The Morgan fingerprint density at radius 3 is 2.74 bits per heavy atom. The minimum atomic E-state index is 0.290. The van der Waals surface area contributed by atoms with Crippen LogP contribution in [0.5, 0.6) is 0 Å². The van der Waals surface area contributed by atoms with E-state index in [1.807, 2.05) is 25.1 Å². The summed E-state index contributed by atoms with van der Waals surface area (Å²) in [6.45, 7) is 6.99. The summed E-state index contributed by atoms with van der Waals surface area (Å²) in [7, 11) is 0. The maximum Gasteiger partial charge on any atom is 0.225 e. The van der Waals surface area contributed by atoms with Crippen LogP contribution in [0.4, 0.5) is 11.8 Å². The molecule has 0 spiro atoms. The molecule has 0 atom stereocenters. The number of aromatic nitrogens is 3. The Balaban J connectivity index is 2.39. The monoisotopic (exact) mass is 257 g/mol. The highest BCUT2D eigenvalue weighted by Crippen LogP contribution is 2.20. The normalized spacial score (nSPS) is 10.5. The fraction of sp³-hybridized carbons (Fsp3) is 0.357. The molecule has 0 aliphatic carbocycles. The van der Waals surface area contributed by atoms with Crippen LogP contribution in [-0.4, -0.2) is 27.5 Å². The van der Waals surface area contributed by atoms with E-state index < -0.39 is 0 Å². The van der Waals surface area contributed by atoms with Crippen LogP contribution < -0.4 is 10.6 Å². The van der Waals surface area contributed by atoms with E-state index in [0.29, 0.717) is 12.0 Å². The molecule has 2 heterocycles. The van der Waals surface area contributed by atoms with Gasteiger partial charge in [0.1, 0.15) is 5.82 Å². The standard InChI is InChI=1S/C14H19N5/c1-4-16-13-8-12(11-6-5-7-15-9-11)18-14(19-13)17-10(2)3/h5-10H,4H2,1-3H3,(H2,16,17,18,19). The van der Waals surface area contributed by atoms with Crippen molar-refractivity contribution in [3.8, 4) is 11.3 Å². The number of anilines is 2. The number of nitrogens with zero attached hydrogens (tertiary/aromatic N) is 3. The summed E-state index contributed by atoms with van der Waals surface area (Å²) in [6, 6.07) is 6.12. The summed E-state index contributed by atoms with van der Waals surface area (Å²) in [5.74, 6) is 1.45. The molecule has 5 heteroatoms. The highest BCUT2D eigenvalue weighted by molar-refractivity contribution is 5.63. The predicted octanol–water partition coefficient (Wildman–Crippen LogP) is 2.79. The molecule has 0 fully saturated rings. The van der Waals surface area contributed by atoms with Crippen molar-refractivity contribution < 1.29 is 0 Å². The van der Waals surface area contributed by atoms with Crippen molar-refractivity contribution in [1.82, 2.24) is 15.0 Å². The van der Waals surface area contributed by atoms with Crippen LogP contribution in [0, 0.1) is 0 Å². The van der Waals surface area contributed by atoms with Crippen LogP contribution >= 0.6 is 0 Å². The molecule has 0 aliphatic rings. The lowest BCUT2D eigenvalue weighted by molar-refractivity contribution is 0.875. The van der Waals surface area contributed by atoms with E-state index in [9.17, 15) is 0 Å². The van der Waals surface area contributed by atoms with E-state index in [4.69, 9.17) is 0 Å². The number of nitrogens with one attached hydrogen (secondary N) is 2. The van der Waals surface area contributed by atoms with E-state index in [2.05, 4.69) is 39.4 Å². The maximum atomic E-state index is 4.52. The Bertz CT molecular complexity index is 525. The van der Waals surface area contributed by atoms with Gasteiger partial charge in [0, 0.05) is 36.6 Å². The molecule has 0 radical (unpaired) electrons. The van der Waals surface area contributed by atoms with Crippen molar-refractivity contribution in [1.29, 1.82) is 0 Å². The van der Waals surface area contributed by atoms with Crippen LogP contribution in [-0.2, 0) is 0 Å². The maximum absolute atomic E-state index is 4.52. The molecule has 100 valence electrons. The van der Waals surface area contributed by atoms with Gasteiger partial charge in [0.05, 0.1) is 5.69 Å². The molecule has 0 amide bonds. The van der Waals surface area contributed by atoms with Gasteiger partial charge in [0.15, 0.2) is 0 Å². The molecule has 0 saturated heterocycles. The first-order valence-electron chi connectivity index (χ1n) is 6.49. The Hall–Kier alpha value is -2.17. The molecule has 2 aromatic rings. The van der Waals surface area contributed by atoms with Crippen molar-refractivity contribution >= 4 is 11.8 Å². The molecule has 5 nitrogen and oxygen atoms in total. The topological polar surface area (TPSA) is 62.7 Å². The molecular weight excluding hydrogens is 238 g/mol. The Labute approximate surface area is 113 Å². The summed E-state index contributed by atoms with van der Waals surface area (Å²) < 4.78 is 0. The quantitative estimate of drug-likeness (QED) is 0.862. The van der Waals surface area contributed by atoms with E-state index in [-0.39, 0.29) is 0 Å². The van der Waals surface area contributed by atoms with Gasteiger partial charge in [-0.25, -0.2) is 4.98 Å². The van der Waals surface area contributed by atoms with Gasteiger partial charge < -0.3 is 10.6 Å². The van der Waals surface area contributed by atoms with Crippen molar-refractivity contribution in [2.45, 2.75) is 26.8 Å². The molecule has 0 aliphatic heterocycles. The SMILES string of the molecule is CCNc1cc(-c2cccnc2)nc(NC(C)C)n1. The van der Waals surface area contributed by atoms with E-state index >= 15 is 0 Å². The van der Waals surface area contributed by atoms with Gasteiger partial charge in [-0.3, -0.25) is 4.98 Å². The van der Waals surface area contributed by atoms with Gasteiger partial charge in [-0.1, -0.05) is 0 Å². The minimum absolute atomic E-state index is 0.290. The number of rotatable bonds is 5. The third-order valence-electron chi connectivity index (χ3n) is 2.46. The highest BCUT2D eigenvalue weighted by atomic mass is 15.1. The average molecular weight is 257 g/mol. The van der Waals surface area contributed by atoms with Gasteiger partial charge in [-0.05, 0) is 32.9 Å². The summed E-state index contributed by atoms with van der Waals surface area (Å²) >= 11 is 0. The summed E-state index contributed by atoms with van der Waals surface area (Å²) in [5, 5.41) is 6.45. The fourth-order valence-corrected chi connectivity index (χ4v) is 1.70. The largest absolute Gasteiger partial charge is 0.370 e. The summed E-state index contributed by atoms with van der Waals surface area (Å²) in [4.78, 5) is 13.1. The molecule has 0 aromatic carbocycles. The van der Waals surface area contributed by atoms with Crippen molar-refractivity contribution in [2.75, 3.05) is 17.2 Å². The van der Waals surface area contributed by atoms with Crippen LogP contribution in [0.2, 0.25) is 0 Å². The smallest absolute Gasteiger partial charge is 0.225 e. The van der Waals surface area contributed by atoms with Crippen LogP contribution in [0.3, 0.4) is 0 Å².